The van der Waals surface area contributed by atoms with Crippen molar-refractivity contribution in [3.63, 3.8) is 0 Å². The first kappa shape index (κ1) is 27.1. The predicted octanol–water partition coefficient (Wildman–Crippen LogP) is 5.46. The minimum atomic E-state index is -0.550. The zero-order valence-corrected chi connectivity index (χ0v) is 22.9. The van der Waals surface area contributed by atoms with Crippen LogP contribution in [-0.4, -0.2) is 40.5 Å². The van der Waals surface area contributed by atoms with Crippen molar-refractivity contribution in [2.75, 3.05) is 19.0 Å². The van der Waals surface area contributed by atoms with E-state index in [-0.39, 0.29) is 17.2 Å². The highest BCUT2D eigenvalue weighted by molar-refractivity contribution is 14.1. The molecular formula is C26H20IN3O7S. The summed E-state index contributed by atoms with van der Waals surface area (Å²) < 4.78 is 11.6. The average Bonchev–Trinajstić information content (AvgIpc) is 3.16. The number of anilines is 1. The van der Waals surface area contributed by atoms with Gasteiger partial charge in [-0.1, -0.05) is 18.2 Å². The van der Waals surface area contributed by atoms with Gasteiger partial charge in [0.15, 0.2) is 0 Å². The Labute approximate surface area is 235 Å². The molecule has 10 nitrogen and oxygen atoms in total. The number of nitrogens with one attached hydrogen (secondary N) is 1. The number of halogens is 1. The van der Waals surface area contributed by atoms with Crippen LogP contribution in [0.2, 0.25) is 0 Å². The van der Waals surface area contributed by atoms with E-state index < -0.39 is 28.5 Å². The first-order valence-corrected chi connectivity index (χ1v) is 13.0. The molecule has 1 N–H and O–H groups in total. The molecule has 0 unspecified atom stereocenters. The Kier molecular flexibility index (Phi) is 8.63. The van der Waals surface area contributed by atoms with Crippen LogP contribution in [0.15, 0.2) is 71.6 Å². The van der Waals surface area contributed by atoms with E-state index in [0.717, 1.165) is 20.2 Å². The largest absolute Gasteiger partial charge is 0.497 e. The topological polar surface area (TPSA) is 128 Å². The second kappa shape index (κ2) is 12.1. The lowest BCUT2D eigenvalue weighted by Gasteiger charge is -2.12. The number of nitro benzene ring substituents is 1. The highest BCUT2D eigenvalue weighted by Crippen LogP contribution is 2.33. The second-order valence-corrected chi connectivity index (χ2v) is 10.1. The number of hydrogen-bond donors (Lipinski definition) is 1. The fraction of sp³-hybridized carbons (Fsp3) is 0.115. The lowest BCUT2D eigenvalue weighted by atomic mass is 10.2. The van der Waals surface area contributed by atoms with E-state index >= 15 is 0 Å². The quantitative estimate of drug-likeness (QED) is 0.141. The summed E-state index contributed by atoms with van der Waals surface area (Å²) in [5.41, 5.74) is 1.83. The molecule has 4 rings (SSSR count). The first-order valence-electron chi connectivity index (χ1n) is 11.1. The molecule has 0 aromatic heterocycles. The Hall–Kier alpha value is -3.91. The number of ether oxygens (including phenoxy) is 2. The molecule has 0 spiro atoms. The Bertz CT molecular complexity index is 1440. The van der Waals surface area contributed by atoms with E-state index in [0.29, 0.717) is 28.3 Å². The van der Waals surface area contributed by atoms with Gasteiger partial charge in [-0.05, 0) is 88.0 Å². The summed E-state index contributed by atoms with van der Waals surface area (Å²) in [6.07, 6.45) is 1.58. The van der Waals surface area contributed by atoms with Gasteiger partial charge in [-0.15, -0.1) is 0 Å². The zero-order valence-electron chi connectivity index (χ0n) is 19.9. The van der Waals surface area contributed by atoms with Gasteiger partial charge in [0.05, 0.1) is 20.5 Å². The zero-order chi connectivity index (χ0) is 27.2. The van der Waals surface area contributed by atoms with Gasteiger partial charge < -0.3 is 14.8 Å². The van der Waals surface area contributed by atoms with Gasteiger partial charge in [-0.2, -0.15) is 0 Å². The lowest BCUT2D eigenvalue weighted by Crippen LogP contribution is -2.36. The van der Waals surface area contributed by atoms with Crippen LogP contribution in [-0.2, 0) is 16.2 Å². The van der Waals surface area contributed by atoms with Gasteiger partial charge in [-0.25, -0.2) is 0 Å². The summed E-state index contributed by atoms with van der Waals surface area (Å²) in [5.74, 6) is 0.151. The molecule has 0 bridgehead atoms. The van der Waals surface area contributed by atoms with Crippen molar-refractivity contribution in [2.45, 2.75) is 6.61 Å². The van der Waals surface area contributed by atoms with Crippen LogP contribution in [0.25, 0.3) is 6.08 Å². The Morgan fingerprint density at radius 2 is 1.89 bits per heavy atom. The molecule has 3 aromatic rings. The highest BCUT2D eigenvalue weighted by atomic mass is 127. The van der Waals surface area contributed by atoms with Crippen molar-refractivity contribution in [1.82, 2.24) is 4.90 Å². The fourth-order valence-corrected chi connectivity index (χ4v) is 4.98. The molecule has 1 saturated heterocycles. The highest BCUT2D eigenvalue weighted by Gasteiger charge is 2.36. The van der Waals surface area contributed by atoms with Crippen LogP contribution >= 0.6 is 34.4 Å². The van der Waals surface area contributed by atoms with Crippen molar-refractivity contribution >= 4 is 68.9 Å². The number of benzene rings is 3. The predicted molar refractivity (Wildman–Crippen MR) is 151 cm³/mol. The molecule has 1 aliphatic heterocycles. The van der Waals surface area contributed by atoms with Gasteiger partial charge >= 0.3 is 0 Å². The summed E-state index contributed by atoms with van der Waals surface area (Å²) in [6, 6.07) is 18.1. The van der Waals surface area contributed by atoms with Crippen molar-refractivity contribution in [3.05, 3.63) is 96.4 Å². The molecule has 194 valence electrons. The normalized spacial score (nSPS) is 14.1. The van der Waals surface area contributed by atoms with Crippen LogP contribution in [0.1, 0.15) is 11.1 Å². The van der Waals surface area contributed by atoms with E-state index in [1.165, 1.54) is 19.2 Å². The van der Waals surface area contributed by atoms with E-state index in [1.807, 2.05) is 0 Å². The third-order valence-electron chi connectivity index (χ3n) is 5.32. The Morgan fingerprint density at radius 1 is 1.13 bits per heavy atom. The molecule has 0 atom stereocenters. The van der Waals surface area contributed by atoms with Gasteiger partial charge in [-0.3, -0.25) is 29.4 Å². The maximum atomic E-state index is 12.8. The number of amides is 3. The summed E-state index contributed by atoms with van der Waals surface area (Å²) in [7, 11) is 1.53. The standard InChI is InChI=1S/C26H20IN3O7S/c1-36-20-8-6-18(7-9-20)28-24(31)14-29-25(32)23(38-26(29)33)13-16-5-10-22(21(27)12-16)37-15-17-3-2-4-19(11-17)30(34)35/h2-13H,14-15H2,1H3,(H,28,31)/b23-13+. The Balaban J connectivity index is 1.38. The van der Waals surface area contributed by atoms with E-state index in [4.69, 9.17) is 9.47 Å². The van der Waals surface area contributed by atoms with Gasteiger partial charge in [0.2, 0.25) is 5.91 Å². The van der Waals surface area contributed by atoms with E-state index in [1.54, 1.807) is 60.7 Å². The number of non-ortho nitro benzene ring substituents is 1. The molecule has 1 heterocycles. The molecule has 38 heavy (non-hydrogen) atoms. The smallest absolute Gasteiger partial charge is 0.294 e. The second-order valence-electron chi connectivity index (χ2n) is 7.95. The third-order valence-corrected chi connectivity index (χ3v) is 7.07. The molecule has 3 amide bonds. The number of thioether (sulfide) groups is 1. The van der Waals surface area contributed by atoms with Gasteiger partial charge in [0.25, 0.3) is 16.8 Å². The summed E-state index contributed by atoms with van der Waals surface area (Å²) >= 11 is 2.85. The first-order chi connectivity index (χ1) is 18.2. The fourth-order valence-electron chi connectivity index (χ4n) is 3.45. The number of nitrogens with zero attached hydrogens (tertiary/aromatic N) is 2. The molecule has 12 heteroatoms. The third kappa shape index (κ3) is 6.69. The molecule has 3 aromatic carbocycles. The minimum absolute atomic E-state index is 0.0108. The molecular weight excluding hydrogens is 625 g/mol. The molecule has 1 fully saturated rings. The minimum Gasteiger partial charge on any atom is -0.497 e. The van der Waals surface area contributed by atoms with Crippen LogP contribution < -0.4 is 14.8 Å². The average molecular weight is 645 g/mol. The van der Waals surface area contributed by atoms with Crippen LogP contribution in [0.3, 0.4) is 0 Å². The van der Waals surface area contributed by atoms with E-state index in [2.05, 4.69) is 27.9 Å². The molecule has 0 aliphatic carbocycles. The van der Waals surface area contributed by atoms with Crippen LogP contribution in [0, 0.1) is 13.7 Å². The lowest BCUT2D eigenvalue weighted by molar-refractivity contribution is -0.384. The number of carbonyl (C=O) groups is 3. The van der Waals surface area contributed by atoms with Crippen molar-refractivity contribution in [2.24, 2.45) is 0 Å². The molecule has 0 radical (unpaired) electrons. The number of imide groups is 1. The maximum absolute atomic E-state index is 12.8. The summed E-state index contributed by atoms with van der Waals surface area (Å²) in [6.45, 7) is -0.259. The molecule has 1 aliphatic rings. The van der Waals surface area contributed by atoms with Gasteiger partial charge in [0.1, 0.15) is 24.7 Å². The number of hydrogen-bond acceptors (Lipinski definition) is 8. The van der Waals surface area contributed by atoms with E-state index in [9.17, 15) is 24.5 Å². The summed E-state index contributed by atoms with van der Waals surface area (Å²) in [4.78, 5) is 49.3. The summed E-state index contributed by atoms with van der Waals surface area (Å²) in [5, 5.41) is 13.1. The van der Waals surface area contributed by atoms with Crippen molar-refractivity contribution < 1.29 is 28.8 Å². The number of methoxy groups -OCH3 is 1. The maximum Gasteiger partial charge on any atom is 0.294 e. The van der Waals surface area contributed by atoms with Crippen LogP contribution in [0.5, 0.6) is 11.5 Å². The SMILES string of the molecule is COc1ccc(NC(=O)CN2C(=O)S/C(=C/c3ccc(OCc4cccc([N+](=O)[O-])c4)c(I)c3)C2=O)cc1. The Morgan fingerprint density at radius 3 is 2.58 bits per heavy atom. The van der Waals surface area contributed by atoms with Crippen molar-refractivity contribution in [3.8, 4) is 11.5 Å². The van der Waals surface area contributed by atoms with Crippen molar-refractivity contribution in [1.29, 1.82) is 0 Å². The number of rotatable bonds is 9. The van der Waals surface area contributed by atoms with Crippen LogP contribution in [0.4, 0.5) is 16.2 Å². The molecule has 0 saturated carbocycles. The monoisotopic (exact) mass is 645 g/mol. The number of carbonyl (C=O) groups excluding carboxylic acids is 3. The van der Waals surface area contributed by atoms with Gasteiger partial charge in [0, 0.05) is 17.8 Å². The number of nitro groups is 1.